The van der Waals surface area contributed by atoms with Gasteiger partial charge in [0.25, 0.3) is 0 Å². The van der Waals surface area contributed by atoms with Crippen LogP contribution in [-0.4, -0.2) is 43.5 Å². The number of hydrogen-bond acceptors (Lipinski definition) is 8. The highest BCUT2D eigenvalue weighted by molar-refractivity contribution is 7.94. The largest absolute Gasteiger partial charge is 0.493 e. The van der Waals surface area contributed by atoms with Gasteiger partial charge in [-0.2, -0.15) is 31.0 Å². The van der Waals surface area contributed by atoms with Gasteiger partial charge in [-0.05, 0) is 68.2 Å². The van der Waals surface area contributed by atoms with Crippen molar-refractivity contribution in [1.29, 1.82) is 0 Å². The van der Waals surface area contributed by atoms with Crippen LogP contribution in [0.5, 0.6) is 0 Å². The lowest BCUT2D eigenvalue weighted by Crippen LogP contribution is -2.39. The molecular weight excluding hydrogens is 567 g/mol. The molecule has 0 atom stereocenters. The smallest absolute Gasteiger partial charge is 0.372 e. The van der Waals surface area contributed by atoms with Gasteiger partial charge in [-0.15, -0.1) is 11.3 Å². The highest BCUT2D eigenvalue weighted by atomic mass is 32.2. The second-order valence-corrected chi connectivity index (χ2v) is 11.8. The van der Waals surface area contributed by atoms with Crippen molar-refractivity contribution in [3.05, 3.63) is 70.9 Å². The molecule has 3 aromatic rings. The summed E-state index contributed by atoms with van der Waals surface area (Å²) in [6, 6.07) is 8.57. The number of likely N-dealkylation sites (tertiary alicyclic amines) is 1. The topological polar surface area (TPSA) is 91.8 Å². The Balaban J connectivity index is 1.60. The first-order chi connectivity index (χ1) is 18.4. The van der Waals surface area contributed by atoms with Gasteiger partial charge in [0, 0.05) is 18.7 Å². The Labute approximate surface area is 225 Å². The van der Waals surface area contributed by atoms with E-state index in [1.807, 2.05) is 6.07 Å². The molecule has 0 aliphatic carbocycles. The summed E-state index contributed by atoms with van der Waals surface area (Å²) in [5.41, 5.74) is 1.55. The summed E-state index contributed by atoms with van der Waals surface area (Å²) in [5.74, 6) is -5.39. The van der Waals surface area contributed by atoms with Crippen molar-refractivity contribution < 1.29 is 40.0 Å². The molecule has 39 heavy (non-hydrogen) atoms. The second kappa shape index (κ2) is 11.4. The zero-order valence-corrected chi connectivity index (χ0v) is 22.1. The lowest BCUT2D eigenvalue weighted by atomic mass is 10.1. The van der Waals surface area contributed by atoms with E-state index in [4.69, 9.17) is 0 Å². The number of halogens is 5. The van der Waals surface area contributed by atoms with Crippen LogP contribution in [0.3, 0.4) is 0 Å². The average molecular weight is 591 g/mol. The van der Waals surface area contributed by atoms with E-state index in [9.17, 15) is 35.2 Å². The Kier molecular flexibility index (Phi) is 8.42. The lowest BCUT2D eigenvalue weighted by Gasteiger charge is -2.21. The Morgan fingerprint density at radius 3 is 2.51 bits per heavy atom. The predicted molar refractivity (Wildman–Crippen MR) is 133 cm³/mol. The van der Waals surface area contributed by atoms with E-state index in [0.717, 1.165) is 55.8 Å². The van der Waals surface area contributed by atoms with Crippen molar-refractivity contribution in [2.24, 2.45) is 0 Å². The molecule has 8 nitrogen and oxygen atoms in total. The molecule has 210 valence electrons. The van der Waals surface area contributed by atoms with Crippen LogP contribution in [0.15, 0.2) is 46.7 Å². The fraction of sp³-hybridized carbons (Fsp3) is 0.333. The van der Waals surface area contributed by atoms with Crippen LogP contribution >= 0.6 is 11.3 Å². The van der Waals surface area contributed by atoms with Crippen molar-refractivity contribution in [3.8, 4) is 0 Å². The van der Waals surface area contributed by atoms with E-state index in [0.29, 0.717) is 34.0 Å². The Hall–Kier alpha value is -3.30. The summed E-state index contributed by atoms with van der Waals surface area (Å²) in [4.78, 5) is 21.1. The van der Waals surface area contributed by atoms with Crippen molar-refractivity contribution in [2.75, 3.05) is 22.9 Å². The van der Waals surface area contributed by atoms with Gasteiger partial charge >= 0.3 is 22.2 Å². The number of aryl methyl sites for hydroxylation is 1. The molecule has 0 radical (unpaired) electrons. The predicted octanol–water partition coefficient (Wildman–Crippen LogP) is 5.15. The number of benzene rings is 1. The molecule has 0 spiro atoms. The number of thiophene rings is 1. The van der Waals surface area contributed by atoms with Gasteiger partial charge in [0.2, 0.25) is 5.95 Å². The van der Waals surface area contributed by atoms with Gasteiger partial charge in [0.15, 0.2) is 5.82 Å². The van der Waals surface area contributed by atoms with Crippen LogP contribution < -0.4 is 9.79 Å². The summed E-state index contributed by atoms with van der Waals surface area (Å²) in [5, 5.41) is 3.28. The minimum absolute atomic E-state index is 0.00884. The summed E-state index contributed by atoms with van der Waals surface area (Å²) in [7, 11) is -4.98. The molecule has 15 heteroatoms. The Morgan fingerprint density at radius 1 is 1.15 bits per heavy atom. The van der Waals surface area contributed by atoms with Gasteiger partial charge in [0.05, 0.1) is 5.00 Å². The molecule has 0 saturated carbocycles. The minimum Gasteiger partial charge on any atom is -0.372 e. The number of aromatic nitrogens is 1. The van der Waals surface area contributed by atoms with E-state index in [1.54, 1.807) is 6.07 Å². The Morgan fingerprint density at radius 2 is 1.85 bits per heavy atom. The first-order valence-electron chi connectivity index (χ1n) is 11.7. The monoisotopic (exact) mass is 590 g/mol. The summed E-state index contributed by atoms with van der Waals surface area (Å²) < 4.78 is 92.7. The third-order valence-corrected chi connectivity index (χ3v) is 9.08. The number of rotatable bonds is 9. The fourth-order valence-corrected chi connectivity index (χ4v) is 6.66. The summed E-state index contributed by atoms with van der Waals surface area (Å²) >= 11 is 0.624. The molecule has 1 aromatic carbocycles. The lowest BCUT2D eigenvalue weighted by molar-refractivity contribution is -0.199. The van der Waals surface area contributed by atoms with Gasteiger partial charge in [-0.25, -0.2) is 9.18 Å². The second-order valence-electron chi connectivity index (χ2n) is 8.72. The van der Waals surface area contributed by atoms with Gasteiger partial charge in [0.1, 0.15) is 10.0 Å². The summed E-state index contributed by atoms with van der Waals surface area (Å²) in [6.45, 7) is 3.91. The van der Waals surface area contributed by atoms with Crippen LogP contribution in [0.1, 0.15) is 29.5 Å². The molecule has 0 amide bonds. The van der Waals surface area contributed by atoms with E-state index < -0.39 is 44.0 Å². The van der Waals surface area contributed by atoms with E-state index in [2.05, 4.69) is 20.0 Å². The molecule has 3 heterocycles. The standard InChI is InChI=1S/C24H23F5N4O4S2/c1-15-12-21(39(35,36)33(37-23(34)24(27,28)29)20-9-5-8-19(26)31-20)38-22(15)30-13-17-16(6-4-7-18(17)25)14-32-10-2-3-11-32/h4-9,12,30H,2-3,10-11,13-14H2,1H3. The maximum Gasteiger partial charge on any atom is 0.493 e. The Bertz CT molecular complexity index is 1460. The highest BCUT2D eigenvalue weighted by Crippen LogP contribution is 2.35. The number of alkyl halides is 3. The van der Waals surface area contributed by atoms with Crippen LogP contribution in [0, 0.1) is 18.7 Å². The number of nitrogens with zero attached hydrogens (tertiary/aromatic N) is 3. The third-order valence-electron chi connectivity index (χ3n) is 5.89. The number of pyridine rings is 1. The quantitative estimate of drug-likeness (QED) is 0.209. The van der Waals surface area contributed by atoms with Gasteiger partial charge in [-0.1, -0.05) is 22.7 Å². The van der Waals surface area contributed by atoms with Crippen LogP contribution in [-0.2, 0) is 32.7 Å². The molecule has 0 unspecified atom stereocenters. The molecule has 1 saturated heterocycles. The van der Waals surface area contributed by atoms with E-state index >= 15 is 0 Å². The number of hydrogen-bond donors (Lipinski definition) is 1. The molecule has 2 aromatic heterocycles. The molecule has 1 aliphatic heterocycles. The normalized spacial score (nSPS) is 14.4. The number of sulfonamides is 1. The van der Waals surface area contributed by atoms with Crippen LogP contribution in [0.25, 0.3) is 0 Å². The van der Waals surface area contributed by atoms with Crippen molar-refractivity contribution >= 4 is 38.1 Å². The maximum absolute atomic E-state index is 14.7. The first-order valence-corrected chi connectivity index (χ1v) is 13.9. The molecule has 4 rings (SSSR count). The molecular formula is C24H23F5N4O4S2. The number of carbonyl (C=O) groups excluding carboxylic acids is 1. The van der Waals surface area contributed by atoms with Crippen molar-refractivity contribution in [3.63, 3.8) is 0 Å². The number of nitrogens with one attached hydrogen (secondary N) is 1. The number of anilines is 2. The maximum atomic E-state index is 14.7. The van der Waals surface area contributed by atoms with E-state index in [-0.39, 0.29) is 11.0 Å². The van der Waals surface area contributed by atoms with E-state index in [1.165, 1.54) is 13.0 Å². The number of carbonyl (C=O) groups is 1. The first kappa shape index (κ1) is 28.7. The van der Waals surface area contributed by atoms with Gasteiger partial charge < -0.3 is 10.2 Å². The summed E-state index contributed by atoms with van der Waals surface area (Å²) in [6.07, 6.45) is -3.41. The van der Waals surface area contributed by atoms with Crippen LogP contribution in [0.2, 0.25) is 0 Å². The molecule has 0 bridgehead atoms. The minimum atomic E-state index is -5.54. The third kappa shape index (κ3) is 6.65. The average Bonchev–Trinajstić information content (AvgIpc) is 3.51. The van der Waals surface area contributed by atoms with Crippen LogP contribution in [0.4, 0.5) is 32.8 Å². The zero-order chi connectivity index (χ0) is 28.4. The molecule has 1 N–H and O–H groups in total. The van der Waals surface area contributed by atoms with Crippen molar-refractivity contribution in [1.82, 2.24) is 9.88 Å². The fourth-order valence-electron chi connectivity index (χ4n) is 3.98. The highest BCUT2D eigenvalue weighted by Gasteiger charge is 2.45. The molecule has 1 fully saturated rings. The zero-order valence-electron chi connectivity index (χ0n) is 20.5. The molecule has 1 aliphatic rings. The SMILES string of the molecule is Cc1cc(S(=O)(=O)N(OC(=O)C(F)(F)F)c2cccc(F)n2)sc1NCc1c(F)cccc1CN1CCCC1. The van der Waals surface area contributed by atoms with Crippen molar-refractivity contribution in [2.45, 2.75) is 43.2 Å². The van der Waals surface area contributed by atoms with Gasteiger partial charge in [-0.3, -0.25) is 4.90 Å².